The molecule has 0 aromatic heterocycles. The molecular formula is C11H11BrClN. The third-order valence-electron chi connectivity index (χ3n) is 1.47. The number of hydrogen-bond acceptors (Lipinski definition) is 1. The molecule has 0 saturated heterocycles. The minimum atomic E-state index is -0.501. The van der Waals surface area contributed by atoms with Gasteiger partial charge in [0.05, 0.1) is 16.1 Å². The standard InChI is InChI=1S/C11H11BrClN/c1-11(2,14)7-6-8-9(12)4-3-5-10(8)13/h3-5H,14H2,1-2H3. The SMILES string of the molecule is CC(C)(N)C#Cc1c(Cl)cccc1Br. The van der Waals surface area contributed by atoms with E-state index in [1.165, 1.54) is 0 Å². The quantitative estimate of drug-likeness (QED) is 0.721. The molecule has 3 heteroatoms. The van der Waals surface area contributed by atoms with E-state index in [1.54, 1.807) is 6.07 Å². The second kappa shape index (κ2) is 4.35. The molecule has 1 nitrogen and oxygen atoms in total. The van der Waals surface area contributed by atoms with Crippen molar-refractivity contribution < 1.29 is 0 Å². The maximum atomic E-state index is 5.99. The molecule has 0 amide bonds. The van der Waals surface area contributed by atoms with Gasteiger partial charge < -0.3 is 5.73 Å². The van der Waals surface area contributed by atoms with E-state index in [0.29, 0.717) is 5.02 Å². The van der Waals surface area contributed by atoms with Crippen LogP contribution in [-0.2, 0) is 0 Å². The fraction of sp³-hybridized carbons (Fsp3) is 0.273. The maximum Gasteiger partial charge on any atom is 0.0722 e. The second-order valence-corrected chi connectivity index (χ2v) is 4.83. The zero-order chi connectivity index (χ0) is 10.8. The van der Waals surface area contributed by atoms with Gasteiger partial charge in [-0.2, -0.15) is 0 Å². The van der Waals surface area contributed by atoms with Crippen LogP contribution in [0.3, 0.4) is 0 Å². The molecule has 0 aliphatic carbocycles. The summed E-state index contributed by atoms with van der Waals surface area (Å²) in [6.07, 6.45) is 0. The van der Waals surface area contributed by atoms with E-state index in [1.807, 2.05) is 26.0 Å². The smallest absolute Gasteiger partial charge is 0.0722 e. The molecule has 1 aromatic carbocycles. The molecule has 14 heavy (non-hydrogen) atoms. The predicted molar refractivity (Wildman–Crippen MR) is 64.3 cm³/mol. The number of benzene rings is 1. The molecular weight excluding hydrogens is 261 g/mol. The fourth-order valence-electron chi connectivity index (χ4n) is 0.841. The lowest BCUT2D eigenvalue weighted by atomic mass is 10.1. The first kappa shape index (κ1) is 11.6. The number of halogens is 2. The molecule has 0 spiro atoms. The lowest BCUT2D eigenvalue weighted by Crippen LogP contribution is -2.29. The molecule has 74 valence electrons. The van der Waals surface area contributed by atoms with Crippen LogP contribution >= 0.6 is 27.5 Å². The van der Waals surface area contributed by atoms with E-state index in [9.17, 15) is 0 Å². The van der Waals surface area contributed by atoms with Gasteiger partial charge in [0.15, 0.2) is 0 Å². The first-order chi connectivity index (χ1) is 6.40. The lowest BCUT2D eigenvalue weighted by Gasteiger charge is -2.08. The van der Waals surface area contributed by atoms with Crippen LogP contribution in [0, 0.1) is 11.8 Å². The van der Waals surface area contributed by atoms with Crippen molar-refractivity contribution in [3.05, 3.63) is 33.3 Å². The summed E-state index contributed by atoms with van der Waals surface area (Å²) in [5.41, 5.74) is 6.03. The van der Waals surface area contributed by atoms with Gasteiger partial charge in [-0.05, 0) is 41.9 Å². The number of hydrogen-bond donors (Lipinski definition) is 1. The molecule has 1 rings (SSSR count). The van der Waals surface area contributed by atoms with Crippen LogP contribution in [0.25, 0.3) is 0 Å². The highest BCUT2D eigenvalue weighted by Gasteiger charge is 2.06. The summed E-state index contributed by atoms with van der Waals surface area (Å²) in [5, 5.41) is 0.635. The van der Waals surface area contributed by atoms with Crippen molar-refractivity contribution in [2.75, 3.05) is 0 Å². The minimum Gasteiger partial charge on any atom is -0.316 e. The Kier molecular flexibility index (Phi) is 3.60. The molecule has 0 atom stereocenters. The van der Waals surface area contributed by atoms with Crippen LogP contribution < -0.4 is 5.73 Å². The summed E-state index contributed by atoms with van der Waals surface area (Å²) in [7, 11) is 0. The highest BCUT2D eigenvalue weighted by Crippen LogP contribution is 2.23. The van der Waals surface area contributed by atoms with E-state index in [-0.39, 0.29) is 0 Å². The first-order valence-electron chi connectivity index (χ1n) is 4.16. The Balaban J connectivity index is 3.13. The molecule has 0 fully saturated rings. The monoisotopic (exact) mass is 271 g/mol. The molecule has 0 aliphatic rings. The van der Waals surface area contributed by atoms with Crippen LogP contribution in [0.2, 0.25) is 5.02 Å². The lowest BCUT2D eigenvalue weighted by molar-refractivity contribution is 0.680. The third-order valence-corrected chi connectivity index (χ3v) is 2.45. The van der Waals surface area contributed by atoms with E-state index < -0.39 is 5.54 Å². The Labute approximate surface area is 97.8 Å². The van der Waals surface area contributed by atoms with E-state index in [2.05, 4.69) is 27.8 Å². The Morgan fingerprint density at radius 2 is 2.07 bits per heavy atom. The van der Waals surface area contributed by atoms with Gasteiger partial charge in [0, 0.05) is 4.47 Å². The van der Waals surface area contributed by atoms with Gasteiger partial charge in [0.1, 0.15) is 0 Å². The largest absolute Gasteiger partial charge is 0.316 e. The van der Waals surface area contributed by atoms with Crippen molar-refractivity contribution in [3.63, 3.8) is 0 Å². The van der Waals surface area contributed by atoms with Gasteiger partial charge in [0.2, 0.25) is 0 Å². The van der Waals surface area contributed by atoms with Gasteiger partial charge >= 0.3 is 0 Å². The summed E-state index contributed by atoms with van der Waals surface area (Å²) in [5.74, 6) is 5.90. The van der Waals surface area contributed by atoms with Crippen LogP contribution in [-0.4, -0.2) is 5.54 Å². The number of nitrogens with two attached hydrogens (primary N) is 1. The van der Waals surface area contributed by atoms with Gasteiger partial charge in [-0.25, -0.2) is 0 Å². The Morgan fingerprint density at radius 1 is 1.43 bits per heavy atom. The summed E-state index contributed by atoms with van der Waals surface area (Å²) >= 11 is 9.37. The topological polar surface area (TPSA) is 26.0 Å². The van der Waals surface area contributed by atoms with Crippen molar-refractivity contribution in [3.8, 4) is 11.8 Å². The van der Waals surface area contributed by atoms with Gasteiger partial charge in [-0.1, -0.05) is 29.5 Å². The van der Waals surface area contributed by atoms with E-state index >= 15 is 0 Å². The molecule has 0 bridgehead atoms. The molecule has 0 saturated carbocycles. The third kappa shape index (κ3) is 3.34. The second-order valence-electron chi connectivity index (χ2n) is 3.57. The van der Waals surface area contributed by atoms with Gasteiger partial charge in [0.25, 0.3) is 0 Å². The van der Waals surface area contributed by atoms with Crippen molar-refractivity contribution in [1.82, 2.24) is 0 Å². The summed E-state index contributed by atoms with van der Waals surface area (Å²) in [6.45, 7) is 3.70. The Morgan fingerprint density at radius 3 is 2.57 bits per heavy atom. The molecule has 1 aromatic rings. The normalized spacial score (nSPS) is 10.6. The maximum absolute atomic E-state index is 5.99. The highest BCUT2D eigenvalue weighted by atomic mass is 79.9. The minimum absolute atomic E-state index is 0.501. The molecule has 0 radical (unpaired) electrons. The van der Waals surface area contributed by atoms with Gasteiger partial charge in [-0.3, -0.25) is 0 Å². The average Bonchev–Trinajstić information content (AvgIpc) is 2.01. The van der Waals surface area contributed by atoms with Crippen molar-refractivity contribution >= 4 is 27.5 Å². The molecule has 0 aliphatic heterocycles. The molecule has 0 heterocycles. The van der Waals surface area contributed by atoms with E-state index in [4.69, 9.17) is 17.3 Å². The zero-order valence-electron chi connectivity index (χ0n) is 8.07. The summed E-state index contributed by atoms with van der Waals surface area (Å²) in [6, 6.07) is 5.57. The van der Waals surface area contributed by atoms with E-state index in [0.717, 1.165) is 10.0 Å². The summed E-state index contributed by atoms with van der Waals surface area (Å²) in [4.78, 5) is 0. The average molecular weight is 273 g/mol. The van der Waals surface area contributed by atoms with Crippen molar-refractivity contribution in [1.29, 1.82) is 0 Å². The van der Waals surface area contributed by atoms with Crippen molar-refractivity contribution in [2.24, 2.45) is 5.73 Å². The molecule has 0 unspecified atom stereocenters. The van der Waals surface area contributed by atoms with Crippen molar-refractivity contribution in [2.45, 2.75) is 19.4 Å². The van der Waals surface area contributed by atoms with Crippen LogP contribution in [0.5, 0.6) is 0 Å². The fourth-order valence-corrected chi connectivity index (χ4v) is 1.64. The van der Waals surface area contributed by atoms with Crippen LogP contribution in [0.1, 0.15) is 19.4 Å². The first-order valence-corrected chi connectivity index (χ1v) is 5.33. The zero-order valence-corrected chi connectivity index (χ0v) is 10.4. The van der Waals surface area contributed by atoms with Crippen LogP contribution in [0.4, 0.5) is 0 Å². The Hall–Kier alpha value is -0.490. The molecule has 2 N–H and O–H groups in total. The highest BCUT2D eigenvalue weighted by molar-refractivity contribution is 9.10. The van der Waals surface area contributed by atoms with Crippen LogP contribution in [0.15, 0.2) is 22.7 Å². The number of rotatable bonds is 0. The summed E-state index contributed by atoms with van der Waals surface area (Å²) < 4.78 is 0.891. The Bertz CT molecular complexity index is 376. The van der Waals surface area contributed by atoms with Gasteiger partial charge in [-0.15, -0.1) is 0 Å². The predicted octanol–water partition coefficient (Wildman–Crippen LogP) is 3.19.